The van der Waals surface area contributed by atoms with Crippen molar-refractivity contribution in [2.45, 2.75) is 13.1 Å². The van der Waals surface area contributed by atoms with E-state index in [9.17, 15) is 22.8 Å². The van der Waals surface area contributed by atoms with E-state index in [1.165, 1.54) is 36.3 Å². The third-order valence-electron chi connectivity index (χ3n) is 5.51. The standard InChI is InChI=1S/C25H23F3N8O2/c1-14-7-8-17(33-23(37)15-5-4-6-16(9-15)25(26,27)28)10-18(14)34-22-11-19(24(38)30-3)35-36(22)21-12-20(29-2)31-13-32-21/h4-13,34H,1-3H3,(H,30,38)(H,33,37)(H,29,31,32). The minimum absolute atomic E-state index is 0.131. The van der Waals surface area contributed by atoms with E-state index in [4.69, 9.17) is 0 Å². The van der Waals surface area contributed by atoms with Crippen molar-refractivity contribution in [2.24, 2.45) is 0 Å². The van der Waals surface area contributed by atoms with Crippen molar-refractivity contribution in [3.8, 4) is 5.82 Å². The molecule has 0 spiro atoms. The van der Waals surface area contributed by atoms with E-state index in [2.05, 4.69) is 36.3 Å². The minimum Gasteiger partial charge on any atom is -0.373 e. The van der Waals surface area contributed by atoms with Gasteiger partial charge in [-0.25, -0.2) is 9.97 Å². The second-order valence-corrected chi connectivity index (χ2v) is 8.10. The number of anilines is 4. The lowest BCUT2D eigenvalue weighted by Crippen LogP contribution is -2.18. The van der Waals surface area contributed by atoms with Gasteiger partial charge in [-0.1, -0.05) is 12.1 Å². The number of nitrogens with one attached hydrogen (secondary N) is 4. The first-order valence-electron chi connectivity index (χ1n) is 11.3. The number of hydrogen-bond donors (Lipinski definition) is 4. The molecule has 0 bridgehead atoms. The second kappa shape index (κ2) is 10.6. The molecule has 2 aromatic heterocycles. The lowest BCUT2D eigenvalue weighted by molar-refractivity contribution is -0.137. The Morgan fingerprint density at radius 1 is 0.947 bits per heavy atom. The Balaban J connectivity index is 1.65. The summed E-state index contributed by atoms with van der Waals surface area (Å²) < 4.78 is 40.6. The van der Waals surface area contributed by atoms with Crippen molar-refractivity contribution in [3.63, 3.8) is 0 Å². The van der Waals surface area contributed by atoms with Gasteiger partial charge >= 0.3 is 6.18 Å². The fraction of sp³-hybridized carbons (Fsp3) is 0.160. The molecule has 2 amide bonds. The summed E-state index contributed by atoms with van der Waals surface area (Å²) in [6.45, 7) is 1.82. The molecule has 4 rings (SSSR count). The Bertz CT molecular complexity index is 1500. The van der Waals surface area contributed by atoms with E-state index in [1.54, 1.807) is 31.3 Å². The van der Waals surface area contributed by atoms with Crippen LogP contribution in [0.3, 0.4) is 0 Å². The predicted molar refractivity (Wildman–Crippen MR) is 136 cm³/mol. The molecule has 0 aliphatic carbocycles. The third-order valence-corrected chi connectivity index (χ3v) is 5.51. The number of alkyl halides is 3. The molecule has 0 unspecified atom stereocenters. The van der Waals surface area contributed by atoms with Crippen LogP contribution in [0.1, 0.15) is 32.0 Å². The van der Waals surface area contributed by atoms with Crippen LogP contribution >= 0.6 is 0 Å². The Labute approximate surface area is 215 Å². The molecular formula is C25H23F3N8O2. The molecule has 4 N–H and O–H groups in total. The van der Waals surface area contributed by atoms with Gasteiger partial charge in [0.2, 0.25) is 0 Å². The fourth-order valence-corrected chi connectivity index (χ4v) is 3.50. The first-order chi connectivity index (χ1) is 18.1. The maximum Gasteiger partial charge on any atom is 0.416 e. The van der Waals surface area contributed by atoms with E-state index < -0.39 is 23.6 Å². The molecule has 0 saturated heterocycles. The number of rotatable bonds is 7. The highest BCUT2D eigenvalue weighted by Crippen LogP contribution is 2.30. The van der Waals surface area contributed by atoms with Crippen LogP contribution in [-0.4, -0.2) is 45.7 Å². The summed E-state index contributed by atoms with van der Waals surface area (Å²) in [5.74, 6) is 0.211. The molecule has 0 fully saturated rings. The normalized spacial score (nSPS) is 11.1. The summed E-state index contributed by atoms with van der Waals surface area (Å²) in [4.78, 5) is 33.3. The Morgan fingerprint density at radius 2 is 1.74 bits per heavy atom. The van der Waals surface area contributed by atoms with Crippen molar-refractivity contribution in [3.05, 3.63) is 83.3 Å². The number of benzene rings is 2. The van der Waals surface area contributed by atoms with Crippen LogP contribution < -0.4 is 21.3 Å². The molecule has 10 nitrogen and oxygen atoms in total. The number of hydrogen-bond acceptors (Lipinski definition) is 7. The first-order valence-corrected chi connectivity index (χ1v) is 11.3. The third kappa shape index (κ3) is 5.72. The van der Waals surface area contributed by atoms with Gasteiger partial charge in [-0.3, -0.25) is 9.59 Å². The lowest BCUT2D eigenvalue weighted by atomic mass is 10.1. The zero-order valence-corrected chi connectivity index (χ0v) is 20.5. The summed E-state index contributed by atoms with van der Waals surface area (Å²) in [5.41, 5.74) is 0.771. The topological polar surface area (TPSA) is 126 Å². The van der Waals surface area contributed by atoms with Crippen molar-refractivity contribution in [1.82, 2.24) is 25.1 Å². The van der Waals surface area contributed by atoms with Gasteiger partial charge in [0.1, 0.15) is 18.0 Å². The van der Waals surface area contributed by atoms with Crippen LogP contribution in [0, 0.1) is 6.92 Å². The highest BCUT2D eigenvalue weighted by Gasteiger charge is 2.31. The highest BCUT2D eigenvalue weighted by molar-refractivity contribution is 6.04. The van der Waals surface area contributed by atoms with Gasteiger partial charge in [0, 0.05) is 43.2 Å². The van der Waals surface area contributed by atoms with Crippen LogP contribution in [0.4, 0.5) is 36.2 Å². The molecule has 4 aromatic rings. The molecule has 0 radical (unpaired) electrons. The molecular weight excluding hydrogens is 501 g/mol. The van der Waals surface area contributed by atoms with Crippen molar-refractivity contribution >= 4 is 34.8 Å². The van der Waals surface area contributed by atoms with Gasteiger partial charge < -0.3 is 21.3 Å². The van der Waals surface area contributed by atoms with Gasteiger partial charge in [-0.2, -0.15) is 23.0 Å². The van der Waals surface area contributed by atoms with Gasteiger partial charge in [0.15, 0.2) is 11.5 Å². The largest absolute Gasteiger partial charge is 0.416 e. The predicted octanol–water partition coefficient (Wildman–Crippen LogP) is 4.39. The van der Waals surface area contributed by atoms with E-state index in [-0.39, 0.29) is 11.3 Å². The Kier molecular flexibility index (Phi) is 7.28. The first kappa shape index (κ1) is 26.1. The minimum atomic E-state index is -4.56. The molecule has 13 heteroatoms. The van der Waals surface area contributed by atoms with Gasteiger partial charge in [0.25, 0.3) is 11.8 Å². The van der Waals surface area contributed by atoms with E-state index in [0.717, 1.165) is 17.7 Å². The molecule has 0 saturated carbocycles. The zero-order chi connectivity index (χ0) is 27.4. The molecule has 0 atom stereocenters. The summed E-state index contributed by atoms with van der Waals surface area (Å²) in [7, 11) is 3.19. The molecule has 0 aliphatic rings. The van der Waals surface area contributed by atoms with Crippen LogP contribution in [0.5, 0.6) is 0 Å². The van der Waals surface area contributed by atoms with Crippen LogP contribution in [0.15, 0.2) is 60.9 Å². The Morgan fingerprint density at radius 3 is 2.45 bits per heavy atom. The van der Waals surface area contributed by atoms with Crippen molar-refractivity contribution in [1.29, 1.82) is 0 Å². The molecule has 0 aliphatic heterocycles. The van der Waals surface area contributed by atoms with Crippen molar-refractivity contribution in [2.75, 3.05) is 30.0 Å². The van der Waals surface area contributed by atoms with Gasteiger partial charge in [0.05, 0.1) is 5.56 Å². The highest BCUT2D eigenvalue weighted by atomic mass is 19.4. The fourth-order valence-electron chi connectivity index (χ4n) is 3.50. The Hall–Kier alpha value is -4.94. The van der Waals surface area contributed by atoms with Gasteiger partial charge in [-0.05, 0) is 42.8 Å². The smallest absolute Gasteiger partial charge is 0.373 e. The van der Waals surface area contributed by atoms with Crippen molar-refractivity contribution < 1.29 is 22.8 Å². The zero-order valence-electron chi connectivity index (χ0n) is 20.5. The second-order valence-electron chi connectivity index (χ2n) is 8.10. The molecule has 2 aromatic carbocycles. The lowest BCUT2D eigenvalue weighted by Gasteiger charge is -2.14. The summed E-state index contributed by atoms with van der Waals surface area (Å²) in [6.07, 6.45) is -3.22. The SMILES string of the molecule is CNC(=O)c1cc(Nc2cc(NC(=O)c3cccc(C(F)(F)F)c3)ccc2C)n(-c2cc(NC)ncn2)n1. The molecule has 38 heavy (non-hydrogen) atoms. The average molecular weight is 525 g/mol. The number of carbonyl (C=O) groups excluding carboxylic acids is 2. The maximum atomic E-state index is 13.1. The van der Waals surface area contributed by atoms with Crippen LogP contribution in [0.2, 0.25) is 0 Å². The summed E-state index contributed by atoms with van der Waals surface area (Å²) in [5, 5.41) is 15.6. The maximum absolute atomic E-state index is 13.1. The van der Waals surface area contributed by atoms with E-state index in [1.807, 2.05) is 6.92 Å². The number of halogens is 3. The number of aromatic nitrogens is 4. The average Bonchev–Trinajstić information content (AvgIpc) is 3.33. The van der Waals surface area contributed by atoms with E-state index in [0.29, 0.717) is 28.8 Å². The molecule has 196 valence electrons. The summed E-state index contributed by atoms with van der Waals surface area (Å²) >= 11 is 0. The van der Waals surface area contributed by atoms with E-state index >= 15 is 0 Å². The number of aryl methyl sites for hydroxylation is 1. The monoisotopic (exact) mass is 524 g/mol. The molecule has 2 heterocycles. The van der Waals surface area contributed by atoms with Crippen LogP contribution in [-0.2, 0) is 6.18 Å². The number of carbonyl (C=O) groups is 2. The van der Waals surface area contributed by atoms with Gasteiger partial charge in [-0.15, -0.1) is 0 Å². The quantitative estimate of drug-likeness (QED) is 0.283. The summed E-state index contributed by atoms with van der Waals surface area (Å²) in [6, 6.07) is 12.3. The number of nitrogens with zero attached hydrogens (tertiary/aromatic N) is 4. The number of amides is 2. The van der Waals surface area contributed by atoms with Crippen LogP contribution in [0.25, 0.3) is 5.82 Å².